The lowest BCUT2D eigenvalue weighted by atomic mass is 9.82. The average Bonchev–Trinajstić information content (AvgIpc) is 3.29. The van der Waals surface area contributed by atoms with Crippen molar-refractivity contribution in [2.45, 2.75) is 5.92 Å². The summed E-state index contributed by atoms with van der Waals surface area (Å²) in [6.45, 7) is 1.59. The minimum atomic E-state index is -0.818. The molecule has 2 aromatic carbocycles. The number of aromatic amines is 1. The summed E-state index contributed by atoms with van der Waals surface area (Å²) < 4.78 is 16.8. The summed E-state index contributed by atoms with van der Waals surface area (Å²) in [4.78, 5) is 14.5. The van der Waals surface area contributed by atoms with E-state index < -0.39 is 12.0 Å². The topological polar surface area (TPSA) is 126 Å². The first kappa shape index (κ1) is 23.1. The second kappa shape index (κ2) is 9.50. The van der Waals surface area contributed by atoms with Crippen molar-refractivity contribution in [2.24, 2.45) is 5.73 Å². The maximum atomic E-state index is 13.0. The van der Waals surface area contributed by atoms with Gasteiger partial charge in [-0.1, -0.05) is 53.5 Å². The van der Waals surface area contributed by atoms with Crippen LogP contribution in [0.2, 0.25) is 10.0 Å². The Morgan fingerprint density at radius 1 is 1.23 bits per heavy atom. The van der Waals surface area contributed by atoms with Gasteiger partial charge in [0.05, 0.1) is 35.4 Å². The summed E-state index contributed by atoms with van der Waals surface area (Å²) >= 11 is 12.9. The van der Waals surface area contributed by atoms with Crippen LogP contribution in [0.3, 0.4) is 0 Å². The highest BCUT2D eigenvalue weighted by molar-refractivity contribution is 6.35. The molecular weight excluding hydrogens is 493 g/mol. The zero-order chi connectivity index (χ0) is 24.5. The number of nitrogens with zero attached hydrogens (tertiary/aromatic N) is 3. The maximum Gasteiger partial charge on any atom is 0.415 e. The third-order valence-corrected chi connectivity index (χ3v) is 6.31. The average molecular weight is 512 g/mol. The second-order valence-electron chi connectivity index (χ2n) is 7.88. The molecule has 0 aliphatic carbocycles. The number of nitrogens with one attached hydrogen (secondary N) is 1. The highest BCUT2D eigenvalue weighted by Gasteiger charge is 2.38. The van der Waals surface area contributed by atoms with E-state index in [0.717, 1.165) is 5.56 Å². The molecule has 178 valence electrons. The van der Waals surface area contributed by atoms with Gasteiger partial charge in [-0.2, -0.15) is 5.26 Å². The van der Waals surface area contributed by atoms with E-state index in [1.54, 1.807) is 6.07 Å². The quantitative estimate of drug-likeness (QED) is 0.532. The molecule has 3 heterocycles. The number of carbonyl (C=O) groups excluding carboxylic acids is 1. The van der Waals surface area contributed by atoms with Crippen molar-refractivity contribution in [1.29, 1.82) is 5.26 Å². The molecule has 1 saturated heterocycles. The van der Waals surface area contributed by atoms with Crippen LogP contribution in [0.1, 0.15) is 17.0 Å². The van der Waals surface area contributed by atoms with E-state index in [9.17, 15) is 10.1 Å². The number of amides is 1. The Kier molecular flexibility index (Phi) is 6.26. The summed E-state index contributed by atoms with van der Waals surface area (Å²) in [7, 11) is 0. The SMILES string of the molecule is N#CC1=C(N)Oc2n[nH]c(-c3ccccc3)c2[C@H]1c1cc(Cl)cc(Cl)c1OC(=O)N1CCOCC1. The van der Waals surface area contributed by atoms with Crippen molar-refractivity contribution >= 4 is 29.3 Å². The Morgan fingerprint density at radius 3 is 2.69 bits per heavy atom. The summed E-state index contributed by atoms with van der Waals surface area (Å²) in [5, 5.41) is 17.7. The van der Waals surface area contributed by atoms with E-state index in [1.165, 1.54) is 11.0 Å². The van der Waals surface area contributed by atoms with E-state index in [4.69, 9.17) is 43.1 Å². The number of hydrogen-bond acceptors (Lipinski definition) is 7. The monoisotopic (exact) mass is 511 g/mol. The van der Waals surface area contributed by atoms with E-state index in [0.29, 0.717) is 48.1 Å². The molecule has 2 aliphatic rings. The predicted octanol–water partition coefficient (Wildman–Crippen LogP) is 4.43. The number of ether oxygens (including phenoxy) is 3. The standard InChI is InChI=1S/C24H19Cl2N5O4/c25-14-10-15(21(17(26)11-14)34-24(32)31-6-8-33-9-7-31)18-16(12-27)22(28)35-23-19(18)20(29-30-23)13-4-2-1-3-5-13/h1-5,10-11,18H,6-9,28H2,(H,29,30)/t18-/m0/s1. The number of morpholine rings is 1. The molecule has 2 aliphatic heterocycles. The molecule has 35 heavy (non-hydrogen) atoms. The van der Waals surface area contributed by atoms with Gasteiger partial charge >= 0.3 is 6.09 Å². The third-order valence-electron chi connectivity index (χ3n) is 5.81. The fourth-order valence-corrected chi connectivity index (χ4v) is 4.73. The first-order chi connectivity index (χ1) is 17.0. The summed E-state index contributed by atoms with van der Waals surface area (Å²) in [5.74, 6) is -0.655. The Bertz CT molecular complexity index is 1360. The number of nitriles is 1. The first-order valence-corrected chi connectivity index (χ1v) is 11.5. The molecule has 0 bridgehead atoms. The van der Waals surface area contributed by atoms with Gasteiger partial charge in [0, 0.05) is 23.7 Å². The second-order valence-corrected chi connectivity index (χ2v) is 8.73. The van der Waals surface area contributed by atoms with Gasteiger partial charge in [0.15, 0.2) is 5.75 Å². The number of allylic oxidation sites excluding steroid dienone is 1. The number of rotatable bonds is 3. The van der Waals surface area contributed by atoms with Gasteiger partial charge in [0.25, 0.3) is 0 Å². The van der Waals surface area contributed by atoms with Gasteiger partial charge in [-0.25, -0.2) is 4.79 Å². The van der Waals surface area contributed by atoms with Crippen LogP contribution in [0.4, 0.5) is 4.79 Å². The Morgan fingerprint density at radius 2 is 1.97 bits per heavy atom. The molecule has 0 spiro atoms. The van der Waals surface area contributed by atoms with Gasteiger partial charge in [-0.05, 0) is 17.7 Å². The molecule has 3 aromatic rings. The van der Waals surface area contributed by atoms with Crippen LogP contribution in [-0.4, -0.2) is 47.5 Å². The summed E-state index contributed by atoms with van der Waals surface area (Å²) in [5.41, 5.74) is 8.58. The normalized spacial score (nSPS) is 17.4. The van der Waals surface area contributed by atoms with Gasteiger partial charge < -0.3 is 24.8 Å². The number of fused-ring (bicyclic) bond motifs is 1. The number of aromatic nitrogens is 2. The predicted molar refractivity (Wildman–Crippen MR) is 128 cm³/mol. The van der Waals surface area contributed by atoms with E-state index in [-0.39, 0.29) is 28.1 Å². The van der Waals surface area contributed by atoms with Gasteiger partial charge in [-0.15, -0.1) is 5.10 Å². The highest BCUT2D eigenvalue weighted by Crippen LogP contribution is 2.50. The highest BCUT2D eigenvalue weighted by atomic mass is 35.5. The van der Waals surface area contributed by atoms with Crippen LogP contribution in [0.25, 0.3) is 11.3 Å². The molecule has 0 saturated carbocycles. The minimum Gasteiger partial charge on any atom is -0.420 e. The molecule has 5 rings (SSSR count). The number of hydrogen-bond donors (Lipinski definition) is 2. The minimum absolute atomic E-state index is 0.0752. The van der Waals surface area contributed by atoms with E-state index >= 15 is 0 Å². The third kappa shape index (κ3) is 4.28. The maximum absolute atomic E-state index is 13.0. The summed E-state index contributed by atoms with van der Waals surface area (Å²) in [6, 6.07) is 14.6. The molecule has 1 fully saturated rings. The lowest BCUT2D eigenvalue weighted by molar-refractivity contribution is 0.0415. The fraction of sp³-hybridized carbons (Fsp3) is 0.208. The van der Waals surface area contributed by atoms with Gasteiger partial charge in [0.2, 0.25) is 11.8 Å². The number of nitrogens with two attached hydrogens (primary N) is 1. The van der Waals surface area contributed by atoms with E-state index in [1.807, 2.05) is 30.3 Å². The van der Waals surface area contributed by atoms with Crippen molar-refractivity contribution in [1.82, 2.24) is 15.1 Å². The van der Waals surface area contributed by atoms with Crippen molar-refractivity contribution in [3.8, 4) is 29.0 Å². The van der Waals surface area contributed by atoms with Crippen LogP contribution in [0.15, 0.2) is 53.9 Å². The Hall–Kier alpha value is -3.71. The van der Waals surface area contributed by atoms with Gasteiger partial charge in [-0.3, -0.25) is 5.10 Å². The molecule has 0 unspecified atom stereocenters. The number of benzene rings is 2. The number of carbonyl (C=O) groups is 1. The van der Waals surface area contributed by atoms with Crippen LogP contribution >= 0.6 is 23.2 Å². The lowest BCUT2D eigenvalue weighted by Gasteiger charge is -2.28. The van der Waals surface area contributed by atoms with Crippen LogP contribution in [0.5, 0.6) is 11.6 Å². The van der Waals surface area contributed by atoms with Gasteiger partial charge in [0.1, 0.15) is 11.6 Å². The zero-order valence-corrected chi connectivity index (χ0v) is 19.8. The largest absolute Gasteiger partial charge is 0.420 e. The smallest absolute Gasteiger partial charge is 0.415 e. The van der Waals surface area contributed by atoms with Crippen molar-refractivity contribution < 1.29 is 19.0 Å². The molecule has 0 radical (unpaired) electrons. The van der Waals surface area contributed by atoms with E-state index in [2.05, 4.69) is 16.3 Å². The summed E-state index contributed by atoms with van der Waals surface area (Å²) in [6.07, 6.45) is -0.586. The Balaban J connectivity index is 1.67. The Labute approximate surface area is 210 Å². The fourth-order valence-electron chi connectivity index (χ4n) is 4.18. The first-order valence-electron chi connectivity index (χ1n) is 10.7. The zero-order valence-electron chi connectivity index (χ0n) is 18.3. The lowest BCUT2D eigenvalue weighted by Crippen LogP contribution is -2.42. The van der Waals surface area contributed by atoms with Crippen molar-refractivity contribution in [2.75, 3.05) is 26.3 Å². The van der Waals surface area contributed by atoms with Crippen molar-refractivity contribution in [3.63, 3.8) is 0 Å². The van der Waals surface area contributed by atoms with Crippen molar-refractivity contribution in [3.05, 3.63) is 75.1 Å². The van der Waals surface area contributed by atoms with Crippen LogP contribution in [-0.2, 0) is 4.74 Å². The molecule has 3 N–H and O–H groups in total. The number of H-pyrrole nitrogens is 1. The molecule has 11 heteroatoms. The number of halogens is 2. The molecular formula is C24H19Cl2N5O4. The van der Waals surface area contributed by atoms with Crippen LogP contribution in [0, 0.1) is 11.3 Å². The molecule has 1 atom stereocenters. The molecule has 1 amide bonds. The van der Waals surface area contributed by atoms with Crippen LogP contribution < -0.4 is 15.2 Å². The molecule has 9 nitrogen and oxygen atoms in total. The molecule has 1 aromatic heterocycles.